The van der Waals surface area contributed by atoms with Gasteiger partial charge >= 0.3 is 0 Å². The van der Waals surface area contributed by atoms with Gasteiger partial charge < -0.3 is 33.7 Å². The molecule has 0 aliphatic rings. The van der Waals surface area contributed by atoms with Crippen LogP contribution in [0.15, 0.2) is 30.3 Å². The van der Waals surface area contributed by atoms with E-state index in [4.69, 9.17) is 28.4 Å². The third-order valence-electron chi connectivity index (χ3n) is 13.8. The summed E-state index contributed by atoms with van der Waals surface area (Å²) in [6, 6.07) is 11.0. The third-order valence-corrected chi connectivity index (χ3v) is 13.8. The Hall–Kier alpha value is -4.07. The Balaban J connectivity index is 2.11. The van der Waals surface area contributed by atoms with Crippen molar-refractivity contribution in [2.24, 2.45) is 0 Å². The van der Waals surface area contributed by atoms with Crippen molar-refractivity contribution in [3.8, 4) is 34.5 Å². The summed E-state index contributed by atoms with van der Waals surface area (Å²) in [6.07, 6.45) is 33.5. The highest BCUT2D eigenvalue weighted by Gasteiger charge is 2.26. The molecular weight excluding hydrogens is 883 g/mol. The molecule has 0 unspecified atom stereocenters. The van der Waals surface area contributed by atoms with Crippen molar-refractivity contribution in [3.05, 3.63) is 30.3 Å². The zero-order valence-corrected chi connectivity index (χ0v) is 46.4. The van der Waals surface area contributed by atoms with E-state index >= 15 is 0 Å². The summed E-state index contributed by atoms with van der Waals surface area (Å²) in [4.78, 5) is 14.5. The van der Waals surface area contributed by atoms with Crippen LogP contribution in [0.2, 0.25) is 0 Å². The SMILES string of the molecule is CCCCCCCCC(=O)Nc1c(OCCCCCC)c(OCCCCCC)cc2c3cc(OCCCCCC)c(OCCCCCC)cc3c3cc(OCCCCCC)c(OCCCCCC)cc3c12. The van der Waals surface area contributed by atoms with E-state index in [-0.39, 0.29) is 5.91 Å². The van der Waals surface area contributed by atoms with Gasteiger partial charge in [0.05, 0.1) is 45.3 Å². The van der Waals surface area contributed by atoms with Gasteiger partial charge in [0.25, 0.3) is 0 Å². The maximum absolute atomic E-state index is 14.5. The fraction of sp³-hybridized carbons (Fsp3) is 0.698. The summed E-state index contributed by atoms with van der Waals surface area (Å²) in [5.74, 6) is 4.25. The number of hydrogen-bond donors (Lipinski definition) is 1. The van der Waals surface area contributed by atoms with Gasteiger partial charge in [0.2, 0.25) is 5.91 Å². The van der Waals surface area contributed by atoms with Crippen LogP contribution in [0, 0.1) is 0 Å². The maximum atomic E-state index is 14.5. The van der Waals surface area contributed by atoms with Gasteiger partial charge in [0.1, 0.15) is 0 Å². The van der Waals surface area contributed by atoms with Crippen molar-refractivity contribution < 1.29 is 33.2 Å². The lowest BCUT2D eigenvalue weighted by molar-refractivity contribution is -0.116. The molecule has 1 N–H and O–H groups in total. The molecular formula is C63H101NO7. The van der Waals surface area contributed by atoms with Gasteiger partial charge in [0, 0.05) is 11.8 Å². The molecule has 4 rings (SSSR count). The lowest BCUT2D eigenvalue weighted by Gasteiger charge is -2.23. The molecule has 0 saturated carbocycles. The minimum Gasteiger partial charge on any atom is -0.490 e. The molecule has 8 nitrogen and oxygen atoms in total. The van der Waals surface area contributed by atoms with Gasteiger partial charge in [-0.05, 0) is 102 Å². The molecule has 0 radical (unpaired) electrons. The van der Waals surface area contributed by atoms with E-state index in [1.165, 1.54) is 64.2 Å². The Morgan fingerprint density at radius 3 is 0.958 bits per heavy atom. The largest absolute Gasteiger partial charge is 0.490 e. The molecule has 71 heavy (non-hydrogen) atoms. The average molecular weight is 985 g/mol. The minimum atomic E-state index is -0.00619. The number of benzene rings is 4. The fourth-order valence-electron chi connectivity index (χ4n) is 9.47. The van der Waals surface area contributed by atoms with E-state index in [1.54, 1.807) is 0 Å². The average Bonchev–Trinajstić information content (AvgIpc) is 3.37. The number of carbonyl (C=O) groups is 1. The van der Waals surface area contributed by atoms with E-state index in [9.17, 15) is 4.79 Å². The maximum Gasteiger partial charge on any atom is 0.224 e. The van der Waals surface area contributed by atoms with Crippen LogP contribution in [0.1, 0.15) is 248 Å². The zero-order chi connectivity index (χ0) is 50.7. The number of amides is 1. The highest BCUT2D eigenvalue weighted by atomic mass is 16.5. The third kappa shape index (κ3) is 20.8. The van der Waals surface area contributed by atoms with Gasteiger partial charge in [-0.3, -0.25) is 4.79 Å². The molecule has 4 aromatic rings. The lowest BCUT2D eigenvalue weighted by Crippen LogP contribution is -2.14. The van der Waals surface area contributed by atoms with Crippen molar-refractivity contribution in [1.82, 2.24) is 0 Å². The molecule has 0 fully saturated rings. The standard InChI is InChI=1S/C63H101NO7/c1-8-15-22-29-30-31-38-60(65)64-62-61-53-48-58(69-42-35-26-19-12-5)57(68-41-34-25-18-11-4)46-51(53)50-45-55(66-39-32-23-16-9-2)56(67-40-33-24-17-10-3)47-52(50)54(61)49-59(70-43-36-27-20-13-6)63(62)71-44-37-28-21-14-7/h45-49H,8-44H2,1-7H3,(H,64,65). The quantitative estimate of drug-likeness (QED) is 0.0349. The number of ether oxygens (including phenoxy) is 6. The molecule has 0 aliphatic heterocycles. The second-order valence-electron chi connectivity index (χ2n) is 20.2. The molecule has 0 aliphatic carbocycles. The highest BCUT2D eigenvalue weighted by molar-refractivity contribution is 6.31. The second kappa shape index (κ2) is 36.8. The first kappa shape index (κ1) is 59.5. The number of nitrogens with one attached hydrogen (secondary N) is 1. The molecule has 0 heterocycles. The van der Waals surface area contributed by atoms with Crippen LogP contribution in [0.4, 0.5) is 5.69 Å². The first-order valence-corrected chi connectivity index (χ1v) is 29.6. The van der Waals surface area contributed by atoms with Crippen LogP contribution in [-0.2, 0) is 4.79 Å². The number of fused-ring (bicyclic) bond motifs is 6. The molecule has 400 valence electrons. The molecule has 4 aromatic carbocycles. The predicted octanol–water partition coefficient (Wildman–Crippen LogP) is 19.6. The van der Waals surface area contributed by atoms with Gasteiger partial charge in [-0.25, -0.2) is 0 Å². The molecule has 0 saturated heterocycles. The number of anilines is 1. The minimum absolute atomic E-state index is 0.00619. The fourth-order valence-corrected chi connectivity index (χ4v) is 9.47. The first-order chi connectivity index (χ1) is 35.0. The van der Waals surface area contributed by atoms with Gasteiger partial charge in [-0.15, -0.1) is 0 Å². The predicted molar refractivity (Wildman–Crippen MR) is 303 cm³/mol. The lowest BCUT2D eigenvalue weighted by atomic mass is 9.91. The van der Waals surface area contributed by atoms with Crippen molar-refractivity contribution in [2.45, 2.75) is 248 Å². The Bertz CT molecular complexity index is 2000. The van der Waals surface area contributed by atoms with Gasteiger partial charge in [-0.2, -0.15) is 0 Å². The number of carbonyl (C=O) groups excluding carboxylic acids is 1. The van der Waals surface area contributed by atoms with Crippen LogP contribution in [-0.4, -0.2) is 45.5 Å². The summed E-state index contributed by atoms with van der Waals surface area (Å²) in [6.45, 7) is 19.2. The van der Waals surface area contributed by atoms with Crippen LogP contribution in [0.5, 0.6) is 34.5 Å². The van der Waals surface area contributed by atoms with E-state index in [0.29, 0.717) is 63.2 Å². The normalized spacial score (nSPS) is 11.5. The zero-order valence-electron chi connectivity index (χ0n) is 46.4. The first-order valence-electron chi connectivity index (χ1n) is 29.6. The Morgan fingerprint density at radius 2 is 0.592 bits per heavy atom. The summed E-state index contributed by atoms with van der Waals surface area (Å²) in [5.41, 5.74) is 0.671. The molecule has 1 amide bonds. The van der Waals surface area contributed by atoms with Gasteiger partial charge in [-0.1, -0.05) is 196 Å². The van der Waals surface area contributed by atoms with Crippen LogP contribution in [0.25, 0.3) is 32.3 Å². The van der Waals surface area contributed by atoms with E-state index in [2.05, 4.69) is 84.1 Å². The van der Waals surface area contributed by atoms with Crippen LogP contribution in [0.3, 0.4) is 0 Å². The van der Waals surface area contributed by atoms with Crippen LogP contribution >= 0.6 is 0 Å². The topological polar surface area (TPSA) is 84.5 Å². The van der Waals surface area contributed by atoms with E-state index in [0.717, 1.165) is 184 Å². The van der Waals surface area contributed by atoms with Gasteiger partial charge in [0.15, 0.2) is 34.5 Å². The molecule has 0 bridgehead atoms. The van der Waals surface area contributed by atoms with E-state index in [1.807, 2.05) is 0 Å². The van der Waals surface area contributed by atoms with E-state index < -0.39 is 0 Å². The Labute approximate surface area is 432 Å². The highest BCUT2D eigenvalue weighted by Crippen LogP contribution is 2.51. The number of rotatable bonds is 44. The van der Waals surface area contributed by atoms with Crippen molar-refractivity contribution in [1.29, 1.82) is 0 Å². The van der Waals surface area contributed by atoms with Crippen LogP contribution < -0.4 is 33.7 Å². The summed E-state index contributed by atoms with van der Waals surface area (Å²) in [7, 11) is 0. The molecule has 0 spiro atoms. The monoisotopic (exact) mass is 984 g/mol. The number of hydrogen-bond acceptors (Lipinski definition) is 7. The Morgan fingerprint density at radius 1 is 0.324 bits per heavy atom. The summed E-state index contributed by atoms with van der Waals surface area (Å²) < 4.78 is 40.8. The van der Waals surface area contributed by atoms with Crippen molar-refractivity contribution in [3.63, 3.8) is 0 Å². The smallest absolute Gasteiger partial charge is 0.224 e. The summed E-state index contributed by atoms with van der Waals surface area (Å²) in [5, 5.41) is 9.42. The van der Waals surface area contributed by atoms with Crippen molar-refractivity contribution >= 4 is 43.9 Å². The van der Waals surface area contributed by atoms with Crippen molar-refractivity contribution in [2.75, 3.05) is 45.0 Å². The molecule has 8 heteroatoms. The summed E-state index contributed by atoms with van der Waals surface area (Å²) >= 11 is 0. The molecule has 0 aromatic heterocycles. The number of unbranched alkanes of at least 4 members (excludes halogenated alkanes) is 23. The second-order valence-corrected chi connectivity index (χ2v) is 20.2. The Kier molecular flexibility index (Phi) is 30.8. The molecule has 0 atom stereocenters.